The molecule has 0 radical (unpaired) electrons. The number of hydrogen-bond acceptors (Lipinski definition) is 3. The van der Waals surface area contributed by atoms with Gasteiger partial charge in [-0.25, -0.2) is 0 Å². The molecule has 4 heteroatoms. The van der Waals surface area contributed by atoms with E-state index >= 15 is 0 Å². The van der Waals surface area contributed by atoms with Crippen molar-refractivity contribution in [1.82, 2.24) is 5.32 Å². The maximum Gasteiger partial charge on any atom is 0.0561 e. The molecule has 2 rings (SSSR count). The zero-order valence-electron chi connectivity index (χ0n) is 11.2. The molecule has 1 aromatic carbocycles. The summed E-state index contributed by atoms with van der Waals surface area (Å²) in [5, 5.41) is 6.44. The van der Waals surface area contributed by atoms with Crippen LogP contribution in [0.15, 0.2) is 40.6 Å². The molecule has 0 bridgehead atoms. The molecule has 0 aliphatic heterocycles. The van der Waals surface area contributed by atoms with Gasteiger partial charge < -0.3 is 5.32 Å². The highest BCUT2D eigenvalue weighted by molar-refractivity contribution is 7.99. The normalized spacial score (nSPS) is 12.6. The van der Waals surface area contributed by atoms with E-state index in [4.69, 9.17) is 11.6 Å². The average Bonchev–Trinajstić information content (AvgIpc) is 2.83. The van der Waals surface area contributed by atoms with Gasteiger partial charge in [0.2, 0.25) is 0 Å². The van der Waals surface area contributed by atoms with Crippen LogP contribution in [-0.4, -0.2) is 12.3 Å². The van der Waals surface area contributed by atoms with Crippen LogP contribution in [-0.2, 0) is 0 Å². The first-order valence-corrected chi connectivity index (χ1v) is 8.60. The maximum atomic E-state index is 6.23. The second-order valence-corrected chi connectivity index (χ2v) is 6.82. The van der Waals surface area contributed by atoms with Gasteiger partial charge in [0, 0.05) is 15.5 Å². The minimum Gasteiger partial charge on any atom is -0.309 e. The predicted molar refractivity (Wildman–Crippen MR) is 87.6 cm³/mol. The van der Waals surface area contributed by atoms with Crippen LogP contribution < -0.4 is 5.32 Å². The summed E-state index contributed by atoms with van der Waals surface area (Å²) in [6.07, 6.45) is 0. The largest absolute Gasteiger partial charge is 0.309 e. The molecule has 19 heavy (non-hydrogen) atoms. The van der Waals surface area contributed by atoms with Gasteiger partial charge in [0.25, 0.3) is 0 Å². The Morgan fingerprint density at radius 2 is 2.00 bits per heavy atom. The SMILES string of the molecule is CCNC(CSc1ccc(C)cc1)c1sccc1Cl. The van der Waals surface area contributed by atoms with Crippen molar-refractivity contribution in [2.75, 3.05) is 12.3 Å². The molecule has 0 saturated carbocycles. The summed E-state index contributed by atoms with van der Waals surface area (Å²) in [5.41, 5.74) is 1.30. The molecule has 1 nitrogen and oxygen atoms in total. The molecule has 0 fully saturated rings. The van der Waals surface area contributed by atoms with E-state index < -0.39 is 0 Å². The Balaban J connectivity index is 2.01. The second kappa shape index (κ2) is 7.34. The van der Waals surface area contributed by atoms with Gasteiger partial charge in [-0.05, 0) is 37.0 Å². The molecule has 102 valence electrons. The fourth-order valence-corrected chi connectivity index (χ4v) is 4.18. The quantitative estimate of drug-likeness (QED) is 0.740. The third kappa shape index (κ3) is 4.25. The lowest BCUT2D eigenvalue weighted by Gasteiger charge is -2.16. The number of halogens is 1. The minimum atomic E-state index is 0.323. The molecule has 0 spiro atoms. The number of thioether (sulfide) groups is 1. The maximum absolute atomic E-state index is 6.23. The zero-order valence-corrected chi connectivity index (χ0v) is 13.5. The molecular weight excluding hydrogens is 294 g/mol. The van der Waals surface area contributed by atoms with Crippen molar-refractivity contribution in [3.63, 3.8) is 0 Å². The van der Waals surface area contributed by atoms with E-state index in [0.29, 0.717) is 6.04 Å². The minimum absolute atomic E-state index is 0.323. The third-order valence-corrected chi connectivity index (χ3v) is 5.43. The summed E-state index contributed by atoms with van der Waals surface area (Å²) in [7, 11) is 0. The van der Waals surface area contributed by atoms with E-state index in [1.165, 1.54) is 15.3 Å². The van der Waals surface area contributed by atoms with Crippen LogP contribution in [0.1, 0.15) is 23.4 Å². The first kappa shape index (κ1) is 14.9. The summed E-state index contributed by atoms with van der Waals surface area (Å²) < 4.78 is 0. The van der Waals surface area contributed by atoms with Crippen LogP contribution in [0.4, 0.5) is 0 Å². The van der Waals surface area contributed by atoms with Gasteiger partial charge in [-0.15, -0.1) is 23.1 Å². The van der Waals surface area contributed by atoms with Crippen LogP contribution in [0, 0.1) is 6.92 Å². The molecule has 1 aromatic heterocycles. The number of thiophene rings is 1. The Kier molecular flexibility index (Phi) is 5.76. The van der Waals surface area contributed by atoms with Crippen molar-refractivity contribution in [2.24, 2.45) is 0 Å². The number of hydrogen-bond donors (Lipinski definition) is 1. The molecule has 0 amide bonds. The lowest BCUT2D eigenvalue weighted by atomic mass is 10.2. The topological polar surface area (TPSA) is 12.0 Å². The standard InChI is InChI=1S/C15H18ClNS2/c1-3-17-14(15-13(16)8-9-18-15)10-19-12-6-4-11(2)5-7-12/h4-9,14,17H,3,10H2,1-2H3. The number of benzene rings is 1. The second-order valence-electron chi connectivity index (χ2n) is 4.37. The van der Waals surface area contributed by atoms with Gasteiger partial charge in [-0.1, -0.05) is 36.2 Å². The third-order valence-electron chi connectivity index (χ3n) is 2.85. The van der Waals surface area contributed by atoms with Crippen molar-refractivity contribution in [1.29, 1.82) is 0 Å². The van der Waals surface area contributed by atoms with Gasteiger partial charge in [0.1, 0.15) is 0 Å². The molecule has 1 heterocycles. The molecule has 0 saturated heterocycles. The van der Waals surface area contributed by atoms with Gasteiger partial charge >= 0.3 is 0 Å². The van der Waals surface area contributed by atoms with E-state index in [0.717, 1.165) is 17.3 Å². The summed E-state index contributed by atoms with van der Waals surface area (Å²) >= 11 is 9.83. The summed E-state index contributed by atoms with van der Waals surface area (Å²) in [5.74, 6) is 0.997. The Morgan fingerprint density at radius 1 is 1.26 bits per heavy atom. The van der Waals surface area contributed by atoms with E-state index in [1.807, 2.05) is 17.8 Å². The fraction of sp³-hybridized carbons (Fsp3) is 0.333. The molecular formula is C15H18ClNS2. The molecule has 1 unspecified atom stereocenters. The van der Waals surface area contributed by atoms with Crippen LogP contribution in [0.5, 0.6) is 0 Å². The first-order chi connectivity index (χ1) is 9.20. The van der Waals surface area contributed by atoms with Crippen molar-refractivity contribution in [3.8, 4) is 0 Å². The molecule has 1 N–H and O–H groups in total. The molecule has 1 atom stereocenters. The highest BCUT2D eigenvalue weighted by atomic mass is 35.5. The van der Waals surface area contributed by atoms with Gasteiger partial charge in [-0.2, -0.15) is 0 Å². The van der Waals surface area contributed by atoms with Crippen molar-refractivity contribution < 1.29 is 0 Å². The summed E-state index contributed by atoms with van der Waals surface area (Å²) in [4.78, 5) is 2.55. The highest BCUT2D eigenvalue weighted by Crippen LogP contribution is 2.32. The average molecular weight is 312 g/mol. The van der Waals surface area contributed by atoms with Crippen LogP contribution >= 0.6 is 34.7 Å². The first-order valence-electron chi connectivity index (χ1n) is 6.36. The van der Waals surface area contributed by atoms with Crippen LogP contribution in [0.3, 0.4) is 0 Å². The monoisotopic (exact) mass is 311 g/mol. The van der Waals surface area contributed by atoms with Gasteiger partial charge in [-0.3, -0.25) is 0 Å². The number of nitrogens with one attached hydrogen (secondary N) is 1. The fourth-order valence-electron chi connectivity index (χ4n) is 1.84. The Hall–Kier alpha value is -0.480. The van der Waals surface area contributed by atoms with E-state index in [2.05, 4.69) is 48.8 Å². The summed E-state index contributed by atoms with van der Waals surface area (Å²) in [6, 6.07) is 11.0. The highest BCUT2D eigenvalue weighted by Gasteiger charge is 2.15. The van der Waals surface area contributed by atoms with E-state index in [1.54, 1.807) is 11.3 Å². The van der Waals surface area contributed by atoms with Gasteiger partial charge in [0.05, 0.1) is 11.1 Å². The van der Waals surface area contributed by atoms with E-state index in [9.17, 15) is 0 Å². The lowest BCUT2D eigenvalue weighted by Crippen LogP contribution is -2.22. The molecule has 0 aliphatic carbocycles. The smallest absolute Gasteiger partial charge is 0.0561 e. The van der Waals surface area contributed by atoms with Crippen LogP contribution in [0.25, 0.3) is 0 Å². The van der Waals surface area contributed by atoms with Crippen molar-refractivity contribution in [2.45, 2.75) is 24.8 Å². The van der Waals surface area contributed by atoms with E-state index in [-0.39, 0.29) is 0 Å². The number of rotatable bonds is 6. The number of aryl methyl sites for hydroxylation is 1. The van der Waals surface area contributed by atoms with Crippen LogP contribution in [0.2, 0.25) is 5.02 Å². The van der Waals surface area contributed by atoms with Crippen molar-refractivity contribution >= 4 is 34.7 Å². The molecule has 2 aromatic rings. The Morgan fingerprint density at radius 3 is 2.58 bits per heavy atom. The summed E-state index contributed by atoms with van der Waals surface area (Å²) in [6.45, 7) is 5.19. The van der Waals surface area contributed by atoms with Gasteiger partial charge in [0.15, 0.2) is 0 Å². The zero-order chi connectivity index (χ0) is 13.7. The van der Waals surface area contributed by atoms with Crippen molar-refractivity contribution in [3.05, 3.63) is 51.2 Å². The molecule has 0 aliphatic rings. The Bertz CT molecular complexity index is 507. The Labute approximate surface area is 128 Å². The lowest BCUT2D eigenvalue weighted by molar-refractivity contribution is 0.615. The predicted octanol–water partition coefficient (Wildman–Crippen LogP) is 5.15.